The van der Waals surface area contributed by atoms with E-state index in [1.165, 1.54) is 92.5 Å². The molecule has 0 amide bonds. The van der Waals surface area contributed by atoms with E-state index in [0.717, 1.165) is 12.1 Å². The molecule has 0 aliphatic carbocycles. The molecule has 0 radical (unpaired) electrons. The predicted octanol–water partition coefficient (Wildman–Crippen LogP) is 17.6. The Kier molecular flexibility index (Phi) is 16.7. The van der Waals surface area contributed by atoms with Crippen molar-refractivity contribution >= 4 is 43.4 Å². The lowest BCUT2D eigenvalue weighted by Crippen LogP contribution is -1.93. The van der Waals surface area contributed by atoms with Gasteiger partial charge in [-0.3, -0.25) is 4.99 Å². The Balaban J connectivity index is 0.000000185. The first-order valence-electron chi connectivity index (χ1n) is 21.0. The number of hydrogen-bond acceptors (Lipinski definition) is 2. The summed E-state index contributed by atoms with van der Waals surface area (Å²) in [7, 11) is 0. The summed E-state index contributed by atoms with van der Waals surface area (Å²) in [6, 6.07) is 59.4. The molecule has 1 aromatic heterocycles. The van der Waals surface area contributed by atoms with Gasteiger partial charge in [-0.05, 0) is 137 Å². The van der Waals surface area contributed by atoms with Gasteiger partial charge in [0.25, 0.3) is 0 Å². The zero-order chi connectivity index (χ0) is 43.0. The summed E-state index contributed by atoms with van der Waals surface area (Å²) < 4.78 is 2.77. The molecule has 0 unspecified atom stereocenters. The number of benzene rings is 7. The normalized spacial score (nSPS) is 11.1. The summed E-state index contributed by atoms with van der Waals surface area (Å²) in [6.45, 7) is 21.7. The second-order valence-electron chi connectivity index (χ2n) is 15.6. The summed E-state index contributed by atoms with van der Waals surface area (Å²) in [5.41, 5.74) is 18.2. The van der Waals surface area contributed by atoms with Crippen molar-refractivity contribution in [2.75, 3.05) is 0 Å². The maximum Gasteiger partial charge on any atom is 0.0691 e. The molecule has 0 saturated heterocycles. The lowest BCUT2D eigenvalue weighted by molar-refractivity contribution is 1.09. The minimum atomic E-state index is 1.02. The number of aliphatic imine (C=N–C) groups is 1. The molecule has 0 bridgehead atoms. The van der Waals surface area contributed by atoms with E-state index in [1.54, 1.807) is 0 Å². The molecule has 0 aliphatic rings. The average molecular weight is 804 g/mol. The third kappa shape index (κ3) is 12.0. The van der Waals surface area contributed by atoms with Crippen LogP contribution in [0.15, 0.2) is 192 Å². The van der Waals surface area contributed by atoms with E-state index in [4.69, 9.17) is 0 Å². The number of aryl methyl sites for hydroxylation is 5. The van der Waals surface area contributed by atoms with Crippen LogP contribution >= 0.6 is 11.3 Å². The highest BCUT2D eigenvalue weighted by Gasteiger charge is 2.15. The highest BCUT2D eigenvalue weighted by atomic mass is 32.1. The van der Waals surface area contributed by atoms with Gasteiger partial charge in [-0.2, -0.15) is 0 Å². The maximum absolute atomic E-state index is 4.68. The molecule has 1 heterocycles. The van der Waals surface area contributed by atoms with E-state index < -0.39 is 0 Å². The van der Waals surface area contributed by atoms with Gasteiger partial charge in [0.2, 0.25) is 0 Å². The average Bonchev–Trinajstić information content (AvgIpc) is 3.66. The molecular weight excluding hydrogens is 743 g/mol. The van der Waals surface area contributed by atoms with Crippen molar-refractivity contribution in [3.63, 3.8) is 0 Å². The molecule has 8 rings (SSSR count). The van der Waals surface area contributed by atoms with Crippen LogP contribution in [0.25, 0.3) is 48.1 Å². The fourth-order valence-corrected chi connectivity index (χ4v) is 8.13. The van der Waals surface area contributed by atoms with Gasteiger partial charge in [0, 0.05) is 32.0 Å². The van der Waals surface area contributed by atoms with E-state index in [1.807, 2.05) is 78.2 Å². The lowest BCUT2D eigenvalue weighted by Gasteiger charge is -2.16. The first-order valence-corrected chi connectivity index (χ1v) is 21.8. The minimum Gasteiger partial charge on any atom is -0.256 e. The molecule has 0 N–H and O–H groups in total. The Morgan fingerprint density at radius 1 is 0.500 bits per heavy atom. The minimum absolute atomic E-state index is 1.02. The molecule has 0 fully saturated rings. The Morgan fingerprint density at radius 2 is 1.03 bits per heavy atom. The van der Waals surface area contributed by atoms with Crippen LogP contribution < -0.4 is 0 Å². The molecule has 7 aromatic carbocycles. The van der Waals surface area contributed by atoms with Gasteiger partial charge >= 0.3 is 0 Å². The molecule has 2 heteroatoms. The van der Waals surface area contributed by atoms with Gasteiger partial charge in [-0.15, -0.1) is 11.3 Å². The molecule has 8 aromatic rings. The van der Waals surface area contributed by atoms with Crippen molar-refractivity contribution in [2.45, 2.75) is 75.7 Å². The van der Waals surface area contributed by atoms with Crippen molar-refractivity contribution < 1.29 is 0 Å². The summed E-state index contributed by atoms with van der Waals surface area (Å²) in [6.07, 6.45) is 2.99. The standard InChI is InChI=1S/C28H24S.C17H23N.C7H8.C6H6/c1-17-9-5-6-10-21(17)25-16-26(19(3)15-18(25)2)22-13-14-24-23-11-7-8-12-27(23)29-28(24)20(22)4;1-6-14(4)17(16-10-8-7-9-11-16)18-12-15(5)13(2)3;1-7-5-3-2-4-6-7;1-2-4-6-5-3-1/h5-16H,1-4H3;7-12H,6H2,1-5H3;2-6H,1H3;1-6H. The van der Waals surface area contributed by atoms with Gasteiger partial charge in [-0.1, -0.05) is 176 Å². The molecule has 60 heavy (non-hydrogen) atoms. The molecular formula is C58H61NS. The third-order valence-corrected chi connectivity index (χ3v) is 12.2. The highest BCUT2D eigenvalue weighted by Crippen LogP contribution is 2.41. The van der Waals surface area contributed by atoms with Crippen molar-refractivity contribution in [3.05, 3.63) is 220 Å². The highest BCUT2D eigenvalue weighted by molar-refractivity contribution is 7.26. The van der Waals surface area contributed by atoms with Crippen LogP contribution in [0.1, 0.15) is 74.4 Å². The van der Waals surface area contributed by atoms with Crippen molar-refractivity contribution in [3.8, 4) is 22.3 Å². The smallest absolute Gasteiger partial charge is 0.0691 e. The third-order valence-electron chi connectivity index (χ3n) is 10.9. The number of thiophene rings is 1. The summed E-state index contributed by atoms with van der Waals surface area (Å²) >= 11 is 1.91. The number of hydrogen-bond donors (Lipinski definition) is 0. The van der Waals surface area contributed by atoms with Gasteiger partial charge in [0.05, 0.1) is 5.70 Å². The zero-order valence-electron chi connectivity index (χ0n) is 37.3. The quantitative estimate of drug-likeness (QED) is 0.149. The van der Waals surface area contributed by atoms with E-state index in [0.29, 0.717) is 0 Å². The van der Waals surface area contributed by atoms with Crippen LogP contribution in [-0.2, 0) is 0 Å². The first kappa shape index (κ1) is 45.0. The van der Waals surface area contributed by atoms with Crippen LogP contribution in [0.3, 0.4) is 0 Å². The fourth-order valence-electron chi connectivity index (χ4n) is 6.93. The Bertz CT molecular complexity index is 2660. The lowest BCUT2D eigenvalue weighted by atomic mass is 9.88. The van der Waals surface area contributed by atoms with Crippen molar-refractivity contribution in [1.82, 2.24) is 0 Å². The zero-order valence-corrected chi connectivity index (χ0v) is 38.1. The second kappa shape index (κ2) is 22.3. The van der Waals surface area contributed by atoms with Gasteiger partial charge in [-0.25, -0.2) is 0 Å². The predicted molar refractivity (Wildman–Crippen MR) is 269 cm³/mol. The van der Waals surface area contributed by atoms with E-state index in [9.17, 15) is 0 Å². The number of nitrogens with zero attached hydrogens (tertiary/aromatic N) is 1. The Labute approximate surface area is 364 Å². The van der Waals surface area contributed by atoms with E-state index in [-0.39, 0.29) is 0 Å². The summed E-state index contributed by atoms with van der Waals surface area (Å²) in [4.78, 5) is 4.68. The largest absolute Gasteiger partial charge is 0.256 e. The second-order valence-corrected chi connectivity index (χ2v) is 16.7. The molecule has 0 atom stereocenters. The van der Waals surface area contributed by atoms with E-state index >= 15 is 0 Å². The van der Waals surface area contributed by atoms with E-state index in [2.05, 4.69) is 183 Å². The number of allylic oxidation sites excluding steroid dienone is 3. The molecule has 304 valence electrons. The van der Waals surface area contributed by atoms with Gasteiger partial charge in [0.1, 0.15) is 0 Å². The SMILES string of the molecule is CCC(C)=C(N=CC(C)=C(C)C)c1ccccc1.Cc1ccccc1.Cc1ccccc1-c1cc(-c2ccc3c(sc4ccccc43)c2C)c(C)cc1C.c1ccccc1. The van der Waals surface area contributed by atoms with Crippen LogP contribution in [0, 0.1) is 34.6 Å². The Hall–Kier alpha value is -6.09. The van der Waals surface area contributed by atoms with Crippen molar-refractivity contribution in [2.24, 2.45) is 4.99 Å². The van der Waals surface area contributed by atoms with Crippen LogP contribution in [0.4, 0.5) is 0 Å². The molecule has 1 nitrogen and oxygen atoms in total. The number of fused-ring (bicyclic) bond motifs is 3. The monoisotopic (exact) mass is 803 g/mol. The van der Waals surface area contributed by atoms with Crippen molar-refractivity contribution in [1.29, 1.82) is 0 Å². The van der Waals surface area contributed by atoms with Crippen LogP contribution in [-0.4, -0.2) is 6.21 Å². The van der Waals surface area contributed by atoms with Gasteiger partial charge in [0.15, 0.2) is 0 Å². The van der Waals surface area contributed by atoms with Crippen LogP contribution in [0.5, 0.6) is 0 Å². The summed E-state index contributed by atoms with van der Waals surface area (Å²) in [5, 5.41) is 2.74. The number of rotatable bonds is 6. The molecule has 0 aliphatic heterocycles. The fraction of sp³-hybridized carbons (Fsp3) is 0.190. The Morgan fingerprint density at radius 3 is 1.60 bits per heavy atom. The molecule has 0 saturated carbocycles. The first-order chi connectivity index (χ1) is 29.0. The van der Waals surface area contributed by atoms with Gasteiger partial charge < -0.3 is 0 Å². The molecule has 0 spiro atoms. The van der Waals surface area contributed by atoms with Crippen LogP contribution in [0.2, 0.25) is 0 Å². The maximum atomic E-state index is 4.68. The summed E-state index contributed by atoms with van der Waals surface area (Å²) in [5.74, 6) is 0. The topological polar surface area (TPSA) is 12.4 Å².